The largest absolute Gasteiger partial charge is 0.291 e. The topological polar surface area (TPSA) is 163 Å². The molecule has 0 saturated carbocycles. The van der Waals surface area contributed by atoms with Crippen molar-refractivity contribution < 1.29 is 18.3 Å². The highest BCUT2D eigenvalue weighted by Gasteiger charge is 2.28. The van der Waals surface area contributed by atoms with Crippen LogP contribution >= 0.6 is 0 Å². The Morgan fingerprint density at radius 3 is 2.22 bits per heavy atom. The third-order valence-corrected chi connectivity index (χ3v) is 6.06. The van der Waals surface area contributed by atoms with Crippen molar-refractivity contribution in [3.05, 3.63) is 86.8 Å². The number of fused-ring (bicyclic) bond motifs is 1. The Kier molecular flexibility index (Phi) is 5.02. The van der Waals surface area contributed by atoms with Crippen LogP contribution in [0.3, 0.4) is 0 Å². The molecule has 12 nitrogen and oxygen atoms in total. The van der Waals surface area contributed by atoms with Crippen LogP contribution in [0.4, 0.5) is 17.1 Å². The smallest absolute Gasteiger partial charge is 0.280 e. The summed E-state index contributed by atoms with van der Waals surface area (Å²) in [7, 11) is -4.33. The minimum absolute atomic E-state index is 0.168. The van der Waals surface area contributed by atoms with Crippen molar-refractivity contribution in [2.75, 3.05) is 4.72 Å². The molecule has 32 heavy (non-hydrogen) atoms. The Labute approximate surface area is 180 Å². The summed E-state index contributed by atoms with van der Waals surface area (Å²) in [6.07, 6.45) is 5.18. The highest BCUT2D eigenvalue weighted by molar-refractivity contribution is 7.92. The first-order chi connectivity index (χ1) is 15.2. The monoisotopic (exact) mass is 454 g/mol. The van der Waals surface area contributed by atoms with Gasteiger partial charge in [-0.3, -0.25) is 29.4 Å². The Morgan fingerprint density at radius 2 is 1.66 bits per heavy atom. The van der Waals surface area contributed by atoms with E-state index in [9.17, 15) is 28.6 Å². The maximum atomic E-state index is 12.8. The van der Waals surface area contributed by atoms with Gasteiger partial charge in [-0.05, 0) is 25.1 Å². The number of nitrogens with zero attached hydrogens (tertiary/aromatic N) is 5. The van der Waals surface area contributed by atoms with Gasteiger partial charge in [-0.1, -0.05) is 12.1 Å². The lowest BCUT2D eigenvalue weighted by molar-refractivity contribution is -0.395. The molecule has 2 aromatic carbocycles. The van der Waals surface area contributed by atoms with E-state index in [0.29, 0.717) is 17.0 Å². The third kappa shape index (κ3) is 3.83. The standard InChI is InChI=1S/C19H14N6O6S/c1-12-17(24(26)27)9-15(10-18(12)25(28)29)32(30,31)22-14-5-3-13(4-6-14)16-11-23-8-2-7-20-19(23)21-16/h2-11,22H,1H3. The van der Waals surface area contributed by atoms with Crippen molar-refractivity contribution in [2.24, 2.45) is 0 Å². The van der Waals surface area contributed by atoms with Crippen LogP contribution < -0.4 is 4.72 Å². The van der Waals surface area contributed by atoms with Crippen LogP contribution in [-0.4, -0.2) is 32.6 Å². The lowest BCUT2D eigenvalue weighted by atomic mass is 10.1. The highest BCUT2D eigenvalue weighted by atomic mass is 32.2. The van der Waals surface area contributed by atoms with Gasteiger partial charge in [0.25, 0.3) is 21.4 Å². The van der Waals surface area contributed by atoms with Gasteiger partial charge in [0.1, 0.15) is 10.5 Å². The number of nitrogens with one attached hydrogen (secondary N) is 1. The number of hydrogen-bond acceptors (Lipinski definition) is 8. The van der Waals surface area contributed by atoms with Crippen molar-refractivity contribution in [1.82, 2.24) is 14.4 Å². The van der Waals surface area contributed by atoms with Gasteiger partial charge in [-0.2, -0.15) is 0 Å². The lowest BCUT2D eigenvalue weighted by Gasteiger charge is -2.09. The quantitative estimate of drug-likeness (QED) is 0.342. The number of benzene rings is 2. The molecule has 13 heteroatoms. The summed E-state index contributed by atoms with van der Waals surface area (Å²) < 4.78 is 29.5. The fourth-order valence-electron chi connectivity index (χ4n) is 3.09. The number of imidazole rings is 1. The zero-order valence-corrected chi connectivity index (χ0v) is 17.2. The van der Waals surface area contributed by atoms with Gasteiger partial charge in [0.2, 0.25) is 5.78 Å². The van der Waals surface area contributed by atoms with Crippen molar-refractivity contribution in [2.45, 2.75) is 11.8 Å². The number of anilines is 1. The molecule has 0 spiro atoms. The Hall–Kier alpha value is -4.39. The molecule has 0 aliphatic rings. The summed E-state index contributed by atoms with van der Waals surface area (Å²) in [6, 6.07) is 9.60. The minimum Gasteiger partial charge on any atom is -0.291 e. The zero-order valence-electron chi connectivity index (χ0n) is 16.4. The number of rotatable bonds is 6. The van der Waals surface area contributed by atoms with Crippen LogP contribution in [0.5, 0.6) is 0 Å². The van der Waals surface area contributed by atoms with Gasteiger partial charge in [0, 0.05) is 42.0 Å². The van der Waals surface area contributed by atoms with E-state index in [1.165, 1.54) is 19.1 Å². The molecule has 4 rings (SSSR count). The fourth-order valence-corrected chi connectivity index (χ4v) is 4.18. The molecule has 0 amide bonds. The molecule has 162 valence electrons. The molecule has 0 fully saturated rings. The Morgan fingerprint density at radius 1 is 1.03 bits per heavy atom. The maximum Gasteiger partial charge on any atom is 0.280 e. The van der Waals surface area contributed by atoms with Gasteiger partial charge >= 0.3 is 0 Å². The second-order valence-electron chi connectivity index (χ2n) is 6.74. The average molecular weight is 454 g/mol. The van der Waals surface area contributed by atoms with Gasteiger partial charge in [-0.25, -0.2) is 18.4 Å². The van der Waals surface area contributed by atoms with Crippen molar-refractivity contribution in [3.8, 4) is 11.3 Å². The number of aromatic nitrogens is 3. The molecule has 0 bridgehead atoms. The molecular weight excluding hydrogens is 440 g/mol. The number of hydrogen-bond donors (Lipinski definition) is 1. The van der Waals surface area contributed by atoms with E-state index in [2.05, 4.69) is 14.7 Å². The van der Waals surface area contributed by atoms with Crippen LogP contribution in [-0.2, 0) is 10.0 Å². The molecule has 0 atom stereocenters. The summed E-state index contributed by atoms with van der Waals surface area (Å²) in [5.41, 5.74) is -0.0412. The predicted molar refractivity (Wildman–Crippen MR) is 114 cm³/mol. The summed E-state index contributed by atoms with van der Waals surface area (Å²) in [6.45, 7) is 1.19. The summed E-state index contributed by atoms with van der Waals surface area (Å²) in [5, 5.41) is 22.5. The second kappa shape index (κ2) is 7.70. The molecule has 2 heterocycles. The summed E-state index contributed by atoms with van der Waals surface area (Å²) >= 11 is 0. The second-order valence-corrected chi connectivity index (χ2v) is 8.42. The number of sulfonamides is 1. The normalized spacial score (nSPS) is 11.4. The Balaban J connectivity index is 1.65. The van der Waals surface area contributed by atoms with Crippen molar-refractivity contribution in [1.29, 1.82) is 0 Å². The molecule has 0 saturated heterocycles. The van der Waals surface area contributed by atoms with Crippen LogP contribution in [0.2, 0.25) is 0 Å². The first-order valence-electron chi connectivity index (χ1n) is 9.02. The third-order valence-electron chi connectivity index (χ3n) is 4.70. The van der Waals surface area contributed by atoms with Crippen molar-refractivity contribution >= 4 is 32.9 Å². The first-order valence-corrected chi connectivity index (χ1v) is 10.5. The van der Waals surface area contributed by atoms with E-state index in [1.807, 2.05) is 0 Å². The molecule has 0 unspecified atom stereocenters. The van der Waals surface area contributed by atoms with E-state index >= 15 is 0 Å². The number of nitro benzene ring substituents is 2. The molecule has 0 aliphatic heterocycles. The molecular formula is C19H14N6O6S. The van der Waals surface area contributed by atoms with Gasteiger partial charge in [0.15, 0.2) is 0 Å². The zero-order chi connectivity index (χ0) is 23.0. The Bertz CT molecular complexity index is 1410. The molecule has 0 radical (unpaired) electrons. The number of nitro groups is 2. The predicted octanol–water partition coefficient (Wildman–Crippen LogP) is 3.32. The molecule has 1 N–H and O–H groups in total. The van der Waals surface area contributed by atoms with Crippen LogP contribution in [0.15, 0.2) is 66.0 Å². The van der Waals surface area contributed by atoms with Crippen LogP contribution in [0, 0.1) is 27.2 Å². The van der Waals surface area contributed by atoms with E-state index in [0.717, 1.165) is 12.1 Å². The molecule has 4 aromatic rings. The van der Waals surface area contributed by atoms with Gasteiger partial charge in [-0.15, -0.1) is 0 Å². The SMILES string of the molecule is Cc1c([N+](=O)[O-])cc(S(=O)(=O)Nc2ccc(-c3cn4cccnc4n3)cc2)cc1[N+](=O)[O-]. The summed E-state index contributed by atoms with van der Waals surface area (Å²) in [5.74, 6) is 0.509. The molecule has 2 aromatic heterocycles. The average Bonchev–Trinajstić information content (AvgIpc) is 3.18. The minimum atomic E-state index is -4.33. The van der Waals surface area contributed by atoms with Crippen LogP contribution in [0.1, 0.15) is 5.56 Å². The van der Waals surface area contributed by atoms with E-state index < -0.39 is 36.1 Å². The van der Waals surface area contributed by atoms with E-state index in [4.69, 9.17) is 0 Å². The fraction of sp³-hybridized carbons (Fsp3) is 0.0526. The van der Waals surface area contributed by atoms with Gasteiger partial charge in [0.05, 0.1) is 15.5 Å². The van der Waals surface area contributed by atoms with Crippen LogP contribution in [0.25, 0.3) is 17.0 Å². The highest BCUT2D eigenvalue weighted by Crippen LogP contribution is 2.32. The van der Waals surface area contributed by atoms with E-state index in [-0.39, 0.29) is 11.3 Å². The lowest BCUT2D eigenvalue weighted by Crippen LogP contribution is -2.14. The summed E-state index contributed by atoms with van der Waals surface area (Å²) in [4.78, 5) is 28.7. The van der Waals surface area contributed by atoms with E-state index in [1.54, 1.807) is 41.2 Å². The van der Waals surface area contributed by atoms with Gasteiger partial charge < -0.3 is 0 Å². The molecule has 0 aliphatic carbocycles. The maximum absolute atomic E-state index is 12.8. The first kappa shape index (κ1) is 20.9. The van der Waals surface area contributed by atoms with Crippen molar-refractivity contribution in [3.63, 3.8) is 0 Å².